The van der Waals surface area contributed by atoms with E-state index in [9.17, 15) is 8.78 Å². The average Bonchev–Trinajstić information content (AvgIpc) is 2.01. The first-order chi connectivity index (χ1) is 5.57. The first-order valence-electron chi connectivity index (χ1n) is 2.81. The molecule has 0 fully saturated rings. The third-order valence-corrected chi connectivity index (χ3v) is 2.35. The Balaban J connectivity index is 3.54. The highest BCUT2D eigenvalue weighted by atomic mass is 127. The van der Waals surface area contributed by atoms with Crippen molar-refractivity contribution in [1.82, 2.24) is 0 Å². The molecule has 0 bridgehead atoms. The van der Waals surface area contributed by atoms with Crippen molar-refractivity contribution in [2.75, 3.05) is 0 Å². The molecular formula is C7HClF2IN. The molecule has 0 unspecified atom stereocenters. The van der Waals surface area contributed by atoms with Crippen LogP contribution in [0, 0.1) is 26.5 Å². The summed E-state index contributed by atoms with van der Waals surface area (Å²) in [6.07, 6.45) is 0. The highest BCUT2D eigenvalue weighted by molar-refractivity contribution is 14.1. The maximum Gasteiger partial charge on any atom is 0.179 e. The van der Waals surface area contributed by atoms with Crippen molar-refractivity contribution in [3.63, 3.8) is 0 Å². The summed E-state index contributed by atoms with van der Waals surface area (Å²) in [6, 6.07) is 2.76. The normalized spacial score (nSPS) is 9.58. The zero-order valence-electron chi connectivity index (χ0n) is 5.54. The molecule has 0 aliphatic heterocycles. The van der Waals surface area contributed by atoms with Gasteiger partial charge in [0.2, 0.25) is 0 Å². The van der Waals surface area contributed by atoms with Gasteiger partial charge in [0, 0.05) is 3.57 Å². The summed E-state index contributed by atoms with van der Waals surface area (Å²) in [5.41, 5.74) is -0.308. The molecule has 0 heterocycles. The minimum atomic E-state index is -1.19. The van der Waals surface area contributed by atoms with Gasteiger partial charge in [0.25, 0.3) is 0 Å². The van der Waals surface area contributed by atoms with Crippen molar-refractivity contribution >= 4 is 34.2 Å². The quantitative estimate of drug-likeness (QED) is 0.410. The molecular weight excluding hydrogens is 298 g/mol. The van der Waals surface area contributed by atoms with Crippen molar-refractivity contribution in [2.45, 2.75) is 0 Å². The number of halogens is 4. The lowest BCUT2D eigenvalue weighted by atomic mass is 10.2. The molecule has 0 N–H and O–H groups in total. The fourth-order valence-electron chi connectivity index (χ4n) is 0.669. The summed E-state index contributed by atoms with van der Waals surface area (Å²) in [4.78, 5) is 0. The van der Waals surface area contributed by atoms with Crippen LogP contribution in [0.2, 0.25) is 5.02 Å². The molecule has 0 atom stereocenters. The topological polar surface area (TPSA) is 23.8 Å². The van der Waals surface area contributed by atoms with Gasteiger partial charge in [-0.05, 0) is 28.7 Å². The molecule has 0 aliphatic rings. The first-order valence-corrected chi connectivity index (χ1v) is 4.26. The smallest absolute Gasteiger partial charge is 0.179 e. The summed E-state index contributed by atoms with van der Waals surface area (Å²) in [5.74, 6) is -2.36. The van der Waals surface area contributed by atoms with E-state index in [1.165, 1.54) is 6.07 Å². The molecule has 0 aliphatic carbocycles. The fourth-order valence-corrected chi connectivity index (χ4v) is 1.71. The second-order valence-corrected chi connectivity index (χ2v) is 3.52. The minimum Gasteiger partial charge on any atom is -0.202 e. The maximum absolute atomic E-state index is 12.8. The van der Waals surface area contributed by atoms with Gasteiger partial charge in [-0.3, -0.25) is 0 Å². The van der Waals surface area contributed by atoms with E-state index in [0.29, 0.717) is 3.57 Å². The van der Waals surface area contributed by atoms with Crippen LogP contribution < -0.4 is 0 Å². The molecule has 12 heavy (non-hydrogen) atoms. The van der Waals surface area contributed by atoms with Crippen LogP contribution in [0.15, 0.2) is 6.07 Å². The third kappa shape index (κ3) is 1.52. The van der Waals surface area contributed by atoms with E-state index in [4.69, 9.17) is 16.9 Å². The van der Waals surface area contributed by atoms with E-state index in [1.54, 1.807) is 28.7 Å². The SMILES string of the molecule is N#Cc1c(I)cc(Cl)c(F)c1F. The van der Waals surface area contributed by atoms with Crippen molar-refractivity contribution in [3.8, 4) is 6.07 Å². The Morgan fingerprint density at radius 3 is 2.50 bits per heavy atom. The Bertz CT molecular complexity index is 373. The Morgan fingerprint density at radius 1 is 1.42 bits per heavy atom. The minimum absolute atomic E-state index is 0.305. The van der Waals surface area contributed by atoms with Crippen LogP contribution in [-0.2, 0) is 0 Å². The Kier molecular flexibility index (Phi) is 2.85. The Labute approximate surface area is 86.1 Å². The van der Waals surface area contributed by atoms with E-state index in [0.717, 1.165) is 0 Å². The summed E-state index contributed by atoms with van der Waals surface area (Å²) in [7, 11) is 0. The van der Waals surface area contributed by atoms with Crippen molar-refractivity contribution in [3.05, 3.63) is 31.9 Å². The number of rotatable bonds is 0. The molecule has 1 aromatic rings. The summed E-state index contributed by atoms with van der Waals surface area (Å²) >= 11 is 7.03. The number of nitriles is 1. The van der Waals surface area contributed by atoms with Crippen LogP contribution in [0.4, 0.5) is 8.78 Å². The summed E-state index contributed by atoms with van der Waals surface area (Å²) in [5, 5.41) is 8.10. The van der Waals surface area contributed by atoms with E-state index < -0.39 is 11.6 Å². The van der Waals surface area contributed by atoms with Gasteiger partial charge < -0.3 is 0 Å². The van der Waals surface area contributed by atoms with E-state index >= 15 is 0 Å². The van der Waals surface area contributed by atoms with Crippen LogP contribution in [0.25, 0.3) is 0 Å². The van der Waals surface area contributed by atoms with Gasteiger partial charge in [0.05, 0.1) is 5.02 Å². The van der Waals surface area contributed by atoms with Crippen LogP contribution >= 0.6 is 34.2 Å². The van der Waals surface area contributed by atoms with Gasteiger partial charge in [0.1, 0.15) is 11.6 Å². The van der Waals surface area contributed by atoms with Gasteiger partial charge in [0.15, 0.2) is 11.6 Å². The van der Waals surface area contributed by atoms with Gasteiger partial charge in [-0.25, -0.2) is 8.78 Å². The van der Waals surface area contributed by atoms with E-state index in [2.05, 4.69) is 0 Å². The molecule has 1 rings (SSSR count). The molecule has 0 spiro atoms. The first kappa shape index (κ1) is 9.68. The summed E-state index contributed by atoms with van der Waals surface area (Å²) < 4.78 is 25.8. The molecule has 1 nitrogen and oxygen atoms in total. The van der Waals surface area contributed by atoms with E-state index in [-0.39, 0.29) is 10.6 Å². The maximum atomic E-state index is 12.8. The molecule has 0 saturated carbocycles. The standard InChI is InChI=1S/C7HClF2IN/c8-4-1-5(11)3(2-12)6(9)7(4)10/h1H. The van der Waals surface area contributed by atoms with Gasteiger partial charge in [-0.1, -0.05) is 11.6 Å². The van der Waals surface area contributed by atoms with Crippen molar-refractivity contribution in [1.29, 1.82) is 5.26 Å². The Hall–Kier alpha value is -0.410. The number of hydrogen-bond donors (Lipinski definition) is 0. The van der Waals surface area contributed by atoms with Crippen LogP contribution in [-0.4, -0.2) is 0 Å². The second kappa shape index (κ2) is 3.54. The van der Waals surface area contributed by atoms with E-state index in [1.807, 2.05) is 0 Å². The van der Waals surface area contributed by atoms with Gasteiger partial charge in [-0.15, -0.1) is 0 Å². The van der Waals surface area contributed by atoms with Crippen LogP contribution in [0.3, 0.4) is 0 Å². The van der Waals surface area contributed by atoms with Crippen molar-refractivity contribution in [2.24, 2.45) is 0 Å². The lowest BCUT2D eigenvalue weighted by molar-refractivity contribution is 0.506. The number of hydrogen-bond acceptors (Lipinski definition) is 1. The Morgan fingerprint density at radius 2 is 2.00 bits per heavy atom. The lowest BCUT2D eigenvalue weighted by Crippen LogP contribution is -1.94. The monoisotopic (exact) mass is 299 g/mol. The van der Waals surface area contributed by atoms with Crippen LogP contribution in [0.5, 0.6) is 0 Å². The molecule has 0 aromatic heterocycles. The molecule has 0 saturated heterocycles. The third-order valence-electron chi connectivity index (χ3n) is 1.23. The lowest BCUT2D eigenvalue weighted by Gasteiger charge is -2.00. The fraction of sp³-hybridized carbons (Fsp3) is 0. The molecule has 62 valence electrons. The molecule has 5 heteroatoms. The predicted molar refractivity (Wildman–Crippen MR) is 48.8 cm³/mol. The zero-order valence-corrected chi connectivity index (χ0v) is 8.45. The molecule has 0 radical (unpaired) electrons. The average molecular weight is 299 g/mol. The number of benzene rings is 1. The zero-order chi connectivity index (χ0) is 9.30. The summed E-state index contributed by atoms with van der Waals surface area (Å²) in [6.45, 7) is 0. The molecule has 0 amide bonds. The predicted octanol–water partition coefficient (Wildman–Crippen LogP) is 3.09. The highest BCUT2D eigenvalue weighted by Gasteiger charge is 2.15. The van der Waals surface area contributed by atoms with Crippen molar-refractivity contribution < 1.29 is 8.78 Å². The highest BCUT2D eigenvalue weighted by Crippen LogP contribution is 2.24. The second-order valence-electron chi connectivity index (χ2n) is 1.95. The van der Waals surface area contributed by atoms with Crippen LogP contribution in [0.1, 0.15) is 5.56 Å². The molecule has 1 aromatic carbocycles. The largest absolute Gasteiger partial charge is 0.202 e. The number of nitrogens with zero attached hydrogens (tertiary/aromatic N) is 1. The van der Waals surface area contributed by atoms with Gasteiger partial charge >= 0.3 is 0 Å². The van der Waals surface area contributed by atoms with Gasteiger partial charge in [-0.2, -0.15) is 5.26 Å².